The molecule has 2 rings (SSSR count). The average Bonchev–Trinajstić information content (AvgIpc) is 3.02. The molecule has 0 spiro atoms. The third-order valence-corrected chi connectivity index (χ3v) is 3.65. The van der Waals surface area contributed by atoms with E-state index in [-0.39, 0.29) is 12.2 Å². The van der Waals surface area contributed by atoms with E-state index in [4.69, 9.17) is 5.73 Å². The topological polar surface area (TPSA) is 51.8 Å². The van der Waals surface area contributed by atoms with Crippen molar-refractivity contribution in [3.63, 3.8) is 0 Å². The van der Waals surface area contributed by atoms with Gasteiger partial charge in [-0.05, 0) is 35.4 Å². The van der Waals surface area contributed by atoms with Crippen LogP contribution in [0, 0.1) is 3.57 Å². The molecule has 2 N–H and O–H groups in total. The van der Waals surface area contributed by atoms with Crippen molar-refractivity contribution in [2.75, 3.05) is 5.73 Å². The van der Waals surface area contributed by atoms with Crippen LogP contribution >= 0.6 is 22.6 Å². The van der Waals surface area contributed by atoms with E-state index in [1.54, 1.807) is 0 Å². The van der Waals surface area contributed by atoms with Gasteiger partial charge in [-0.15, -0.1) is 0 Å². The van der Waals surface area contributed by atoms with Crippen LogP contribution in [0.3, 0.4) is 0 Å². The van der Waals surface area contributed by atoms with Crippen molar-refractivity contribution in [1.82, 2.24) is 9.97 Å². The number of hydrogen-bond donors (Lipinski definition) is 1. The Morgan fingerprint density at radius 2 is 1.94 bits per heavy atom. The van der Waals surface area contributed by atoms with E-state index in [9.17, 15) is 13.2 Å². The maximum absolute atomic E-state index is 12.1. The summed E-state index contributed by atoms with van der Waals surface area (Å²) in [5.41, 5.74) is 6.50. The lowest BCUT2D eigenvalue weighted by Crippen LogP contribution is -2.12. The van der Waals surface area contributed by atoms with Gasteiger partial charge in [-0.25, -0.2) is 9.97 Å². The second kappa shape index (κ2) is 4.58. The average molecular weight is 357 g/mol. The molecule has 1 aromatic rings. The van der Waals surface area contributed by atoms with Gasteiger partial charge in [-0.1, -0.05) is 0 Å². The first-order valence-electron chi connectivity index (χ1n) is 5.25. The summed E-state index contributed by atoms with van der Waals surface area (Å²) in [7, 11) is 0. The number of rotatable bonds is 3. The highest BCUT2D eigenvalue weighted by Gasteiger charge is 2.30. The van der Waals surface area contributed by atoms with Crippen molar-refractivity contribution in [2.24, 2.45) is 0 Å². The summed E-state index contributed by atoms with van der Waals surface area (Å²) in [5, 5.41) is 0. The second-order valence-corrected chi connectivity index (χ2v) is 5.19. The number of anilines is 1. The largest absolute Gasteiger partial charge is 0.389 e. The van der Waals surface area contributed by atoms with Crippen LogP contribution in [0.4, 0.5) is 19.0 Å². The number of alkyl halides is 3. The van der Waals surface area contributed by atoms with Crippen molar-refractivity contribution in [1.29, 1.82) is 0 Å². The minimum Gasteiger partial charge on any atom is -0.383 e. The van der Waals surface area contributed by atoms with Gasteiger partial charge in [0.05, 0.1) is 15.7 Å². The number of nitrogens with two attached hydrogens (primary N) is 1. The monoisotopic (exact) mass is 357 g/mol. The van der Waals surface area contributed by atoms with Crippen molar-refractivity contribution >= 4 is 28.4 Å². The van der Waals surface area contributed by atoms with Crippen LogP contribution in [0.25, 0.3) is 0 Å². The summed E-state index contributed by atoms with van der Waals surface area (Å²) in [6, 6.07) is 0. The molecule has 3 nitrogen and oxygen atoms in total. The number of aryl methyl sites for hydroxylation is 1. The number of halogens is 4. The fourth-order valence-electron chi connectivity index (χ4n) is 1.53. The smallest absolute Gasteiger partial charge is 0.383 e. The molecule has 0 unspecified atom stereocenters. The zero-order chi connectivity index (χ0) is 12.6. The SMILES string of the molecule is Nc1nc(CCC(F)(F)F)nc(C2CC2)c1I. The molecule has 0 saturated heterocycles. The van der Waals surface area contributed by atoms with Crippen LogP contribution in [-0.2, 0) is 6.42 Å². The molecule has 1 saturated carbocycles. The summed E-state index contributed by atoms with van der Waals surface area (Å²) in [6.07, 6.45) is -3.22. The Morgan fingerprint density at radius 1 is 1.29 bits per heavy atom. The van der Waals surface area contributed by atoms with Crippen molar-refractivity contribution < 1.29 is 13.2 Å². The first-order chi connectivity index (χ1) is 7.87. The van der Waals surface area contributed by atoms with Crippen LogP contribution in [0.15, 0.2) is 0 Å². The normalized spacial score (nSPS) is 16.2. The molecule has 0 amide bonds. The van der Waals surface area contributed by atoms with E-state index < -0.39 is 12.6 Å². The fourth-order valence-corrected chi connectivity index (χ4v) is 2.21. The van der Waals surface area contributed by atoms with E-state index in [1.807, 2.05) is 22.6 Å². The molecule has 0 radical (unpaired) electrons. The second-order valence-electron chi connectivity index (χ2n) is 4.11. The van der Waals surface area contributed by atoms with Crippen molar-refractivity contribution in [2.45, 2.75) is 37.8 Å². The standard InChI is InChI=1S/C10H11F3IN3/c11-10(12,13)4-3-6-16-8(5-1-2-5)7(14)9(15)17-6/h5H,1-4H2,(H2,15,16,17). The molecule has 17 heavy (non-hydrogen) atoms. The fraction of sp³-hybridized carbons (Fsp3) is 0.600. The summed E-state index contributed by atoms with van der Waals surface area (Å²) < 4.78 is 37.1. The van der Waals surface area contributed by atoms with Crippen molar-refractivity contribution in [3.05, 3.63) is 15.1 Å². The number of hydrogen-bond acceptors (Lipinski definition) is 3. The summed E-state index contributed by atoms with van der Waals surface area (Å²) in [4.78, 5) is 8.11. The van der Waals surface area contributed by atoms with Gasteiger partial charge < -0.3 is 5.73 Å². The van der Waals surface area contributed by atoms with Gasteiger partial charge in [0.2, 0.25) is 0 Å². The number of nitrogen functional groups attached to an aromatic ring is 1. The van der Waals surface area contributed by atoms with E-state index in [0.29, 0.717) is 11.7 Å². The Balaban J connectivity index is 2.17. The van der Waals surface area contributed by atoms with Gasteiger partial charge in [0.15, 0.2) is 0 Å². The summed E-state index contributed by atoms with van der Waals surface area (Å²) >= 11 is 2.05. The van der Waals surface area contributed by atoms with Gasteiger partial charge in [0, 0.05) is 12.3 Å². The molecular formula is C10H11F3IN3. The summed E-state index contributed by atoms with van der Waals surface area (Å²) in [5.74, 6) is 0.846. The number of nitrogens with zero attached hydrogens (tertiary/aromatic N) is 2. The highest BCUT2D eigenvalue weighted by Crippen LogP contribution is 2.41. The van der Waals surface area contributed by atoms with E-state index in [2.05, 4.69) is 9.97 Å². The Hall–Kier alpha value is -0.600. The molecular weight excluding hydrogens is 346 g/mol. The van der Waals surface area contributed by atoms with Gasteiger partial charge in [-0.3, -0.25) is 0 Å². The maximum Gasteiger partial charge on any atom is 0.389 e. The molecule has 7 heteroatoms. The zero-order valence-corrected chi connectivity index (χ0v) is 11.0. The third-order valence-electron chi connectivity index (χ3n) is 2.54. The summed E-state index contributed by atoms with van der Waals surface area (Å²) in [6.45, 7) is 0. The van der Waals surface area contributed by atoms with Crippen LogP contribution in [0.1, 0.15) is 36.7 Å². The molecule has 94 valence electrons. The first kappa shape index (κ1) is 12.8. The van der Waals surface area contributed by atoms with E-state index in [1.165, 1.54) is 0 Å². The lowest BCUT2D eigenvalue weighted by molar-refractivity contribution is -0.134. The Bertz CT molecular complexity index is 430. The van der Waals surface area contributed by atoms with Crippen molar-refractivity contribution in [3.8, 4) is 0 Å². The quantitative estimate of drug-likeness (QED) is 0.847. The molecule has 1 aliphatic carbocycles. The minimum absolute atomic E-state index is 0.196. The Labute approximate surface area is 110 Å². The van der Waals surface area contributed by atoms with Crippen LogP contribution in [-0.4, -0.2) is 16.1 Å². The van der Waals surface area contributed by atoms with E-state index >= 15 is 0 Å². The van der Waals surface area contributed by atoms with E-state index in [0.717, 1.165) is 22.1 Å². The predicted octanol–water partition coefficient (Wildman–Crippen LogP) is 3.04. The van der Waals surface area contributed by atoms with Crippen LogP contribution in [0.5, 0.6) is 0 Å². The van der Waals surface area contributed by atoms with Gasteiger partial charge in [-0.2, -0.15) is 13.2 Å². The minimum atomic E-state index is -4.18. The first-order valence-corrected chi connectivity index (χ1v) is 6.33. The van der Waals surface area contributed by atoms with Crippen LogP contribution < -0.4 is 5.73 Å². The lowest BCUT2D eigenvalue weighted by Gasteiger charge is -2.09. The highest BCUT2D eigenvalue weighted by molar-refractivity contribution is 14.1. The van der Waals surface area contributed by atoms with Crippen LogP contribution in [0.2, 0.25) is 0 Å². The molecule has 0 bridgehead atoms. The third kappa shape index (κ3) is 3.43. The Kier molecular flexibility index (Phi) is 3.46. The lowest BCUT2D eigenvalue weighted by atomic mass is 10.2. The molecule has 0 aliphatic heterocycles. The maximum atomic E-state index is 12.1. The van der Waals surface area contributed by atoms with Gasteiger partial charge in [0.1, 0.15) is 11.6 Å². The van der Waals surface area contributed by atoms with Gasteiger partial charge in [0.25, 0.3) is 0 Å². The molecule has 1 fully saturated rings. The molecule has 1 heterocycles. The zero-order valence-electron chi connectivity index (χ0n) is 8.89. The van der Waals surface area contributed by atoms with Gasteiger partial charge >= 0.3 is 6.18 Å². The molecule has 1 aliphatic rings. The molecule has 1 aromatic heterocycles. The highest BCUT2D eigenvalue weighted by atomic mass is 127. The predicted molar refractivity (Wildman–Crippen MR) is 65.5 cm³/mol. The Morgan fingerprint density at radius 3 is 2.47 bits per heavy atom. The molecule has 0 atom stereocenters. The number of aromatic nitrogens is 2. The molecule has 0 aromatic carbocycles.